The highest BCUT2D eigenvalue weighted by Crippen LogP contribution is 2.30. The van der Waals surface area contributed by atoms with Crippen molar-refractivity contribution in [2.45, 2.75) is 33.9 Å². The lowest BCUT2D eigenvalue weighted by Gasteiger charge is -2.18. The highest BCUT2D eigenvalue weighted by atomic mass is 16.5. The summed E-state index contributed by atoms with van der Waals surface area (Å²) in [5.41, 5.74) is 3.52. The molecule has 1 heterocycles. The molecule has 0 spiro atoms. The van der Waals surface area contributed by atoms with Gasteiger partial charge in [-0.05, 0) is 73.6 Å². The first kappa shape index (κ1) is 25.1. The van der Waals surface area contributed by atoms with E-state index in [4.69, 9.17) is 4.74 Å². The van der Waals surface area contributed by atoms with Crippen LogP contribution >= 0.6 is 0 Å². The maximum absolute atomic E-state index is 13.1. The van der Waals surface area contributed by atoms with E-state index in [1.165, 1.54) is 11.6 Å². The highest BCUT2D eigenvalue weighted by Gasteiger charge is 2.37. The molecule has 4 rings (SSSR count). The van der Waals surface area contributed by atoms with Crippen molar-refractivity contribution in [3.05, 3.63) is 94.5 Å². The van der Waals surface area contributed by atoms with E-state index >= 15 is 0 Å². The summed E-state index contributed by atoms with van der Waals surface area (Å²) in [6, 6.07) is 19.6. The molecule has 0 saturated carbocycles. The number of hydrogen-bond donors (Lipinski definition) is 1. The predicted octanol–water partition coefficient (Wildman–Crippen LogP) is 4.66. The van der Waals surface area contributed by atoms with Gasteiger partial charge in [-0.25, -0.2) is 4.90 Å². The number of benzene rings is 3. The first-order chi connectivity index (χ1) is 17.4. The summed E-state index contributed by atoms with van der Waals surface area (Å²) in [4.78, 5) is 42.2. The van der Waals surface area contributed by atoms with Gasteiger partial charge in [0.05, 0.1) is 23.4 Å². The summed E-state index contributed by atoms with van der Waals surface area (Å²) in [6.07, 6.45) is 0. The van der Waals surface area contributed by atoms with Gasteiger partial charge in [-0.1, -0.05) is 38.1 Å². The van der Waals surface area contributed by atoms with Crippen LogP contribution in [0.15, 0.2) is 66.7 Å². The van der Waals surface area contributed by atoms with Crippen molar-refractivity contribution in [3.63, 3.8) is 0 Å². The second-order valence-electron chi connectivity index (χ2n) is 8.59. The molecule has 0 unspecified atom stereocenters. The molecule has 36 heavy (non-hydrogen) atoms. The zero-order valence-corrected chi connectivity index (χ0v) is 20.9. The van der Waals surface area contributed by atoms with Gasteiger partial charge in [0.1, 0.15) is 5.75 Å². The van der Waals surface area contributed by atoms with Gasteiger partial charge >= 0.3 is 0 Å². The van der Waals surface area contributed by atoms with Gasteiger partial charge in [0.2, 0.25) is 0 Å². The quantitative estimate of drug-likeness (QED) is 0.423. The Labute approximate surface area is 211 Å². The van der Waals surface area contributed by atoms with Gasteiger partial charge in [-0.3, -0.25) is 19.3 Å². The summed E-state index contributed by atoms with van der Waals surface area (Å²) in [6.45, 7) is 9.97. The molecule has 0 bridgehead atoms. The number of ether oxygens (including phenoxy) is 1. The lowest BCUT2D eigenvalue weighted by molar-refractivity contribution is 0.0923. The van der Waals surface area contributed by atoms with Gasteiger partial charge in [0, 0.05) is 18.7 Å². The number of amides is 3. The fourth-order valence-corrected chi connectivity index (χ4v) is 4.23. The van der Waals surface area contributed by atoms with Crippen LogP contribution < -0.4 is 15.0 Å². The van der Waals surface area contributed by atoms with Crippen LogP contribution in [0.25, 0.3) is 0 Å². The third kappa shape index (κ3) is 5.31. The highest BCUT2D eigenvalue weighted by molar-refractivity contribution is 6.34. The third-order valence-corrected chi connectivity index (χ3v) is 6.33. The lowest BCUT2D eigenvalue weighted by Crippen LogP contribution is -2.29. The number of imide groups is 1. The summed E-state index contributed by atoms with van der Waals surface area (Å²) in [7, 11) is 0. The molecule has 7 nitrogen and oxygen atoms in total. The van der Waals surface area contributed by atoms with Crippen molar-refractivity contribution in [1.29, 1.82) is 0 Å². The van der Waals surface area contributed by atoms with Crippen molar-refractivity contribution < 1.29 is 19.1 Å². The van der Waals surface area contributed by atoms with Gasteiger partial charge in [-0.2, -0.15) is 0 Å². The first-order valence-corrected chi connectivity index (χ1v) is 12.3. The van der Waals surface area contributed by atoms with E-state index < -0.39 is 11.8 Å². The molecule has 3 aromatic carbocycles. The molecule has 1 aliphatic rings. The number of fused-ring (bicyclic) bond motifs is 1. The monoisotopic (exact) mass is 485 g/mol. The Hall–Kier alpha value is -3.97. The molecule has 1 N–H and O–H groups in total. The van der Waals surface area contributed by atoms with Crippen molar-refractivity contribution in [2.24, 2.45) is 0 Å². The normalized spacial score (nSPS) is 12.7. The van der Waals surface area contributed by atoms with E-state index in [9.17, 15) is 14.4 Å². The Kier molecular flexibility index (Phi) is 7.80. The molecule has 0 fully saturated rings. The number of rotatable bonds is 10. The SMILES string of the molecule is CCOc1ccc(N2C(=O)c3ccc(C(=O)NCc4ccc(CN(CC)CC)cc4)cc3C2=O)cc1. The van der Waals surface area contributed by atoms with E-state index in [0.29, 0.717) is 30.2 Å². The Morgan fingerprint density at radius 3 is 2.11 bits per heavy atom. The number of carbonyl (C=O) groups is 3. The molecule has 7 heteroatoms. The van der Waals surface area contributed by atoms with Crippen molar-refractivity contribution in [1.82, 2.24) is 10.2 Å². The Morgan fingerprint density at radius 2 is 1.47 bits per heavy atom. The molecule has 0 saturated heterocycles. The van der Waals surface area contributed by atoms with E-state index in [1.54, 1.807) is 36.4 Å². The zero-order chi connectivity index (χ0) is 25.7. The van der Waals surface area contributed by atoms with E-state index in [0.717, 1.165) is 30.1 Å². The van der Waals surface area contributed by atoms with Crippen LogP contribution in [0.3, 0.4) is 0 Å². The Balaban J connectivity index is 1.42. The number of anilines is 1. The summed E-state index contributed by atoms with van der Waals surface area (Å²) in [5, 5.41) is 2.90. The van der Waals surface area contributed by atoms with Gasteiger partial charge in [0.15, 0.2) is 0 Å². The zero-order valence-electron chi connectivity index (χ0n) is 20.9. The van der Waals surface area contributed by atoms with Crippen molar-refractivity contribution in [2.75, 3.05) is 24.6 Å². The number of hydrogen-bond acceptors (Lipinski definition) is 5. The van der Waals surface area contributed by atoms with E-state index in [1.807, 2.05) is 19.1 Å². The summed E-state index contributed by atoms with van der Waals surface area (Å²) < 4.78 is 5.43. The lowest BCUT2D eigenvalue weighted by atomic mass is 10.1. The molecular weight excluding hydrogens is 454 g/mol. The summed E-state index contributed by atoms with van der Waals surface area (Å²) in [5.74, 6) is -0.492. The van der Waals surface area contributed by atoms with Crippen LogP contribution in [0.4, 0.5) is 5.69 Å². The molecule has 0 aromatic heterocycles. The molecule has 186 valence electrons. The van der Waals surface area contributed by atoms with E-state index in [2.05, 4.69) is 36.2 Å². The molecule has 0 aliphatic carbocycles. The Bertz CT molecular complexity index is 1250. The second-order valence-corrected chi connectivity index (χ2v) is 8.59. The van der Waals surface area contributed by atoms with Crippen LogP contribution in [0.5, 0.6) is 5.75 Å². The average Bonchev–Trinajstić information content (AvgIpc) is 3.16. The van der Waals surface area contributed by atoms with Gasteiger partial charge in [0.25, 0.3) is 17.7 Å². The van der Waals surface area contributed by atoms with Gasteiger partial charge < -0.3 is 10.1 Å². The van der Waals surface area contributed by atoms with Crippen molar-refractivity contribution in [3.8, 4) is 5.75 Å². The smallest absolute Gasteiger partial charge is 0.266 e. The first-order valence-electron chi connectivity index (χ1n) is 12.3. The minimum Gasteiger partial charge on any atom is -0.494 e. The molecule has 0 atom stereocenters. The topological polar surface area (TPSA) is 79.0 Å². The Morgan fingerprint density at radius 1 is 0.833 bits per heavy atom. The fourth-order valence-electron chi connectivity index (χ4n) is 4.23. The minimum atomic E-state index is -0.447. The minimum absolute atomic E-state index is 0.224. The molecule has 3 amide bonds. The van der Waals surface area contributed by atoms with Crippen LogP contribution in [0.1, 0.15) is 63.0 Å². The van der Waals surface area contributed by atoms with Crippen LogP contribution in [0.2, 0.25) is 0 Å². The predicted molar refractivity (Wildman–Crippen MR) is 139 cm³/mol. The number of carbonyl (C=O) groups excluding carboxylic acids is 3. The molecule has 3 aromatic rings. The third-order valence-electron chi connectivity index (χ3n) is 6.33. The van der Waals surface area contributed by atoms with Crippen LogP contribution in [-0.2, 0) is 13.1 Å². The van der Waals surface area contributed by atoms with Crippen LogP contribution in [-0.4, -0.2) is 42.3 Å². The standard InChI is InChI=1S/C29H31N3O4/c1-4-31(5-2)19-21-9-7-20(8-10-21)18-30-27(33)22-11-16-25-26(17-22)29(35)32(28(25)34)23-12-14-24(15-13-23)36-6-3/h7-17H,4-6,18-19H2,1-3H3,(H,30,33). The van der Waals surface area contributed by atoms with Crippen LogP contribution in [0, 0.1) is 0 Å². The van der Waals surface area contributed by atoms with Crippen molar-refractivity contribution >= 4 is 23.4 Å². The largest absolute Gasteiger partial charge is 0.494 e. The molecular formula is C29H31N3O4. The number of nitrogens with zero attached hydrogens (tertiary/aromatic N) is 2. The second kappa shape index (κ2) is 11.2. The average molecular weight is 486 g/mol. The van der Waals surface area contributed by atoms with E-state index in [-0.39, 0.29) is 17.0 Å². The molecule has 0 radical (unpaired) electrons. The fraction of sp³-hybridized carbons (Fsp3) is 0.276. The number of nitrogens with one attached hydrogen (secondary N) is 1. The molecule has 1 aliphatic heterocycles. The summed E-state index contributed by atoms with van der Waals surface area (Å²) >= 11 is 0. The maximum atomic E-state index is 13.1. The maximum Gasteiger partial charge on any atom is 0.266 e. The van der Waals surface area contributed by atoms with Gasteiger partial charge in [-0.15, -0.1) is 0 Å².